The normalized spacial score (nSPS) is 21.7. The van der Waals surface area contributed by atoms with E-state index in [0.717, 1.165) is 13.6 Å². The Hall–Kier alpha value is 0.0600. The number of carbonyl (C=O) groups excluding carboxylic acids is 1. The minimum atomic E-state index is -0.0581. The van der Waals surface area contributed by atoms with Gasteiger partial charge >= 0.3 is 0 Å². The van der Waals surface area contributed by atoms with E-state index in [1.807, 2.05) is 12.1 Å². The molecule has 1 fully saturated rings. The summed E-state index contributed by atoms with van der Waals surface area (Å²) in [5, 5.41) is 0. The Balaban J connectivity index is 2.24. The molecule has 0 aliphatic carbocycles. The van der Waals surface area contributed by atoms with Gasteiger partial charge in [0.2, 0.25) is 0 Å². The molecule has 1 saturated heterocycles. The first kappa shape index (κ1) is 11.5. The highest BCUT2D eigenvalue weighted by Gasteiger charge is 2.21. The highest BCUT2D eigenvalue weighted by molar-refractivity contribution is 14.1. The van der Waals surface area contributed by atoms with Crippen LogP contribution in [-0.2, 0) is 9.53 Å². The van der Waals surface area contributed by atoms with E-state index in [-0.39, 0.29) is 6.10 Å². The van der Waals surface area contributed by atoms with Crippen LogP contribution >= 0.6 is 38.5 Å². The summed E-state index contributed by atoms with van der Waals surface area (Å²) in [7, 11) is 0. The van der Waals surface area contributed by atoms with Gasteiger partial charge in [-0.1, -0.05) is 15.9 Å². The van der Waals surface area contributed by atoms with Crippen molar-refractivity contribution in [3.8, 4) is 0 Å². The Morgan fingerprint density at radius 3 is 2.87 bits per heavy atom. The van der Waals surface area contributed by atoms with Gasteiger partial charge in [-0.15, -0.1) is 0 Å². The Morgan fingerprint density at radius 2 is 2.20 bits per heavy atom. The molecule has 0 spiro atoms. The largest absolute Gasteiger partial charge is 0.373 e. The van der Waals surface area contributed by atoms with Crippen molar-refractivity contribution < 1.29 is 9.53 Å². The van der Waals surface area contributed by atoms with Crippen LogP contribution in [-0.4, -0.2) is 12.4 Å². The fourth-order valence-corrected chi connectivity index (χ4v) is 3.29. The Morgan fingerprint density at radius 1 is 1.40 bits per heavy atom. The van der Waals surface area contributed by atoms with Gasteiger partial charge in [0.05, 0.1) is 12.7 Å². The summed E-state index contributed by atoms with van der Waals surface area (Å²) in [5.74, 6) is 0.293. The van der Waals surface area contributed by atoms with Gasteiger partial charge in [-0.25, -0.2) is 0 Å². The summed E-state index contributed by atoms with van der Waals surface area (Å²) in [5.41, 5.74) is 1.09. The molecular weight excluding hydrogens is 371 g/mol. The summed E-state index contributed by atoms with van der Waals surface area (Å²) in [6, 6.07) is 6.12. The van der Waals surface area contributed by atoms with Crippen LogP contribution in [0.3, 0.4) is 0 Å². The van der Waals surface area contributed by atoms with Crippen molar-refractivity contribution >= 4 is 44.3 Å². The number of hydrogen-bond donors (Lipinski definition) is 0. The van der Waals surface area contributed by atoms with Crippen LogP contribution in [0.1, 0.15) is 24.5 Å². The zero-order valence-corrected chi connectivity index (χ0v) is 11.7. The zero-order valence-electron chi connectivity index (χ0n) is 8.00. The van der Waals surface area contributed by atoms with E-state index in [0.29, 0.717) is 25.2 Å². The fourth-order valence-electron chi connectivity index (χ4n) is 1.66. The molecule has 1 aliphatic rings. The highest BCUT2D eigenvalue weighted by atomic mass is 127. The first-order valence-electron chi connectivity index (χ1n) is 4.74. The van der Waals surface area contributed by atoms with Gasteiger partial charge in [0.15, 0.2) is 0 Å². The zero-order chi connectivity index (χ0) is 10.8. The van der Waals surface area contributed by atoms with E-state index < -0.39 is 0 Å². The first-order valence-corrected chi connectivity index (χ1v) is 6.61. The number of rotatable bonds is 1. The van der Waals surface area contributed by atoms with E-state index in [2.05, 4.69) is 44.6 Å². The molecule has 0 aromatic heterocycles. The quantitative estimate of drug-likeness (QED) is 0.697. The monoisotopic (exact) mass is 380 g/mol. The summed E-state index contributed by atoms with van der Waals surface area (Å²) in [4.78, 5) is 11.3. The van der Waals surface area contributed by atoms with Crippen molar-refractivity contribution in [2.24, 2.45) is 0 Å². The van der Waals surface area contributed by atoms with Crippen LogP contribution in [0.25, 0.3) is 0 Å². The summed E-state index contributed by atoms with van der Waals surface area (Å²) < 4.78 is 7.78. The maximum absolute atomic E-state index is 11.3. The predicted octanol–water partition coefficient (Wildman–Crippen LogP) is 3.47. The second-order valence-corrected chi connectivity index (χ2v) is 5.72. The molecule has 1 heterocycles. The van der Waals surface area contributed by atoms with Crippen molar-refractivity contribution in [3.63, 3.8) is 0 Å². The van der Waals surface area contributed by atoms with Crippen LogP contribution in [0.4, 0.5) is 0 Å². The van der Waals surface area contributed by atoms with E-state index in [1.165, 1.54) is 0 Å². The molecule has 1 atom stereocenters. The van der Waals surface area contributed by atoms with Crippen LogP contribution in [0.2, 0.25) is 0 Å². The van der Waals surface area contributed by atoms with Crippen molar-refractivity contribution in [3.05, 3.63) is 31.8 Å². The van der Waals surface area contributed by atoms with Crippen molar-refractivity contribution in [1.82, 2.24) is 0 Å². The number of hydrogen-bond acceptors (Lipinski definition) is 2. The fraction of sp³-hybridized carbons (Fsp3) is 0.364. The SMILES string of the molecule is O=C1CCOC(c2cc(Br)cc(I)c2)C1. The van der Waals surface area contributed by atoms with Gasteiger partial charge in [-0.3, -0.25) is 4.79 Å². The topological polar surface area (TPSA) is 26.3 Å². The van der Waals surface area contributed by atoms with Gasteiger partial charge < -0.3 is 4.74 Å². The minimum Gasteiger partial charge on any atom is -0.373 e. The van der Waals surface area contributed by atoms with Gasteiger partial charge in [0, 0.05) is 20.9 Å². The number of halogens is 2. The van der Waals surface area contributed by atoms with Crippen LogP contribution < -0.4 is 0 Å². The number of carbonyl (C=O) groups is 1. The van der Waals surface area contributed by atoms with Gasteiger partial charge in [0.25, 0.3) is 0 Å². The van der Waals surface area contributed by atoms with E-state index in [1.54, 1.807) is 0 Å². The average Bonchev–Trinajstić information content (AvgIpc) is 2.16. The average molecular weight is 381 g/mol. The summed E-state index contributed by atoms with van der Waals surface area (Å²) in [6.07, 6.45) is 1.01. The number of ketones is 1. The van der Waals surface area contributed by atoms with Crippen LogP contribution in [0.15, 0.2) is 22.7 Å². The molecule has 0 amide bonds. The lowest BCUT2D eigenvalue weighted by molar-refractivity contribution is -0.128. The molecule has 2 rings (SSSR count). The Kier molecular flexibility index (Phi) is 3.79. The molecule has 0 N–H and O–H groups in total. The molecule has 0 bridgehead atoms. The molecule has 1 aromatic carbocycles. The Bertz CT molecular complexity index is 372. The van der Waals surface area contributed by atoms with Crippen molar-refractivity contribution in [1.29, 1.82) is 0 Å². The molecule has 0 saturated carbocycles. The highest BCUT2D eigenvalue weighted by Crippen LogP contribution is 2.29. The minimum absolute atomic E-state index is 0.0581. The summed E-state index contributed by atoms with van der Waals surface area (Å²) in [6.45, 7) is 0.548. The number of benzene rings is 1. The second-order valence-electron chi connectivity index (χ2n) is 3.56. The first-order chi connectivity index (χ1) is 7.15. The Labute approximate surface area is 111 Å². The van der Waals surface area contributed by atoms with Crippen molar-refractivity contribution in [2.75, 3.05) is 6.61 Å². The predicted molar refractivity (Wildman–Crippen MR) is 69.8 cm³/mol. The van der Waals surface area contributed by atoms with E-state index >= 15 is 0 Å². The third-order valence-electron chi connectivity index (χ3n) is 2.37. The molecule has 1 aromatic rings. The molecular formula is C11H10BrIO2. The lowest BCUT2D eigenvalue weighted by Crippen LogP contribution is -2.19. The maximum atomic E-state index is 11.3. The van der Waals surface area contributed by atoms with Gasteiger partial charge in [-0.2, -0.15) is 0 Å². The van der Waals surface area contributed by atoms with Gasteiger partial charge in [0.1, 0.15) is 5.78 Å². The van der Waals surface area contributed by atoms with Gasteiger partial charge in [-0.05, 0) is 46.4 Å². The van der Waals surface area contributed by atoms with Crippen LogP contribution in [0.5, 0.6) is 0 Å². The molecule has 80 valence electrons. The molecule has 0 radical (unpaired) electrons. The number of ether oxygens (including phenoxy) is 1. The molecule has 15 heavy (non-hydrogen) atoms. The lowest BCUT2D eigenvalue weighted by Gasteiger charge is -2.22. The third kappa shape index (κ3) is 3.01. The number of Topliss-reactive ketones (excluding diaryl/α,β-unsaturated/α-hetero) is 1. The lowest BCUT2D eigenvalue weighted by atomic mass is 10.0. The standard InChI is InChI=1S/C11H10BrIO2/c12-8-3-7(4-9(13)5-8)11-6-10(14)1-2-15-11/h3-5,11H,1-2,6H2. The molecule has 1 unspecified atom stereocenters. The van der Waals surface area contributed by atoms with Crippen LogP contribution in [0, 0.1) is 3.57 Å². The molecule has 4 heteroatoms. The second kappa shape index (κ2) is 4.93. The van der Waals surface area contributed by atoms with E-state index in [4.69, 9.17) is 4.74 Å². The smallest absolute Gasteiger partial charge is 0.138 e. The van der Waals surface area contributed by atoms with E-state index in [9.17, 15) is 4.79 Å². The third-order valence-corrected chi connectivity index (χ3v) is 3.45. The maximum Gasteiger partial charge on any atom is 0.138 e. The molecule has 1 aliphatic heterocycles. The summed E-state index contributed by atoms with van der Waals surface area (Å²) >= 11 is 5.71. The van der Waals surface area contributed by atoms with Crippen molar-refractivity contribution in [2.45, 2.75) is 18.9 Å². The molecule has 2 nitrogen and oxygen atoms in total.